The summed E-state index contributed by atoms with van der Waals surface area (Å²) >= 11 is 1.34. The van der Waals surface area contributed by atoms with Crippen molar-refractivity contribution < 1.29 is 9.59 Å². The number of aryl methyl sites for hydroxylation is 1. The van der Waals surface area contributed by atoms with Gasteiger partial charge in [0.05, 0.1) is 4.88 Å². The first-order valence-electron chi connectivity index (χ1n) is 8.23. The minimum Gasteiger partial charge on any atom is -0.340 e. The molecule has 2 aromatic heterocycles. The number of benzene rings is 1. The van der Waals surface area contributed by atoms with Crippen LogP contribution in [0.2, 0.25) is 0 Å². The molecule has 0 unspecified atom stereocenters. The van der Waals surface area contributed by atoms with E-state index in [9.17, 15) is 9.59 Å². The van der Waals surface area contributed by atoms with E-state index in [1.54, 1.807) is 25.3 Å². The van der Waals surface area contributed by atoms with Crippen LogP contribution in [0.3, 0.4) is 0 Å². The van der Waals surface area contributed by atoms with Gasteiger partial charge in [0.25, 0.3) is 5.91 Å². The average Bonchev–Trinajstić information content (AvgIpc) is 3.32. The fourth-order valence-corrected chi connectivity index (χ4v) is 3.23. The van der Waals surface area contributed by atoms with Crippen LogP contribution >= 0.6 is 11.3 Å². The molecule has 0 fully saturated rings. The second kappa shape index (κ2) is 7.97. The highest BCUT2D eigenvalue weighted by Crippen LogP contribution is 2.20. The number of aromatic nitrogens is 2. The van der Waals surface area contributed by atoms with E-state index in [4.69, 9.17) is 0 Å². The maximum absolute atomic E-state index is 12.7. The summed E-state index contributed by atoms with van der Waals surface area (Å²) in [6, 6.07) is 12.1. The molecule has 0 radical (unpaired) electrons. The number of nitrogens with one attached hydrogen (secondary N) is 2. The molecular weight excluding hydrogens is 348 g/mol. The number of rotatable bonds is 6. The Morgan fingerprint density at radius 3 is 2.50 bits per heavy atom. The Kier molecular flexibility index (Phi) is 5.48. The molecule has 0 spiro atoms. The van der Waals surface area contributed by atoms with E-state index in [2.05, 4.69) is 15.6 Å². The molecule has 1 aromatic carbocycles. The van der Waals surface area contributed by atoms with E-state index in [-0.39, 0.29) is 11.8 Å². The van der Waals surface area contributed by atoms with Crippen LogP contribution in [-0.4, -0.2) is 27.4 Å². The molecule has 2 atom stereocenters. The molecule has 3 rings (SSSR count). The van der Waals surface area contributed by atoms with E-state index in [1.807, 2.05) is 53.5 Å². The third-order valence-electron chi connectivity index (χ3n) is 4.02. The van der Waals surface area contributed by atoms with Crippen molar-refractivity contribution in [2.24, 2.45) is 7.05 Å². The van der Waals surface area contributed by atoms with Crippen molar-refractivity contribution in [1.29, 1.82) is 0 Å². The maximum atomic E-state index is 12.7. The zero-order chi connectivity index (χ0) is 18.5. The van der Waals surface area contributed by atoms with Gasteiger partial charge in [-0.05, 0) is 23.9 Å². The smallest absolute Gasteiger partial charge is 0.261 e. The lowest BCUT2D eigenvalue weighted by molar-refractivity contribution is -0.123. The van der Waals surface area contributed by atoms with E-state index in [1.165, 1.54) is 11.3 Å². The molecule has 2 N–H and O–H groups in total. The third kappa shape index (κ3) is 4.00. The van der Waals surface area contributed by atoms with Gasteiger partial charge in [0.15, 0.2) is 0 Å². The van der Waals surface area contributed by atoms with Crippen LogP contribution < -0.4 is 10.6 Å². The first-order chi connectivity index (χ1) is 12.6. The van der Waals surface area contributed by atoms with Crippen LogP contribution in [0.25, 0.3) is 0 Å². The number of nitrogens with zero attached hydrogens (tertiary/aromatic N) is 2. The highest BCUT2D eigenvalue weighted by molar-refractivity contribution is 7.12. The van der Waals surface area contributed by atoms with Gasteiger partial charge in [0.2, 0.25) is 5.91 Å². The molecule has 0 aliphatic heterocycles. The number of imidazole rings is 1. The maximum Gasteiger partial charge on any atom is 0.261 e. The second-order valence-electron chi connectivity index (χ2n) is 5.92. The topological polar surface area (TPSA) is 76.0 Å². The highest BCUT2D eigenvalue weighted by atomic mass is 32.1. The van der Waals surface area contributed by atoms with Crippen LogP contribution in [0.15, 0.2) is 60.2 Å². The van der Waals surface area contributed by atoms with Crippen molar-refractivity contribution in [3.05, 3.63) is 76.5 Å². The number of hydrogen-bond donors (Lipinski definition) is 2. The van der Waals surface area contributed by atoms with Crippen molar-refractivity contribution in [2.75, 3.05) is 0 Å². The van der Waals surface area contributed by atoms with Gasteiger partial charge in [-0.2, -0.15) is 0 Å². The molecule has 0 bridgehead atoms. The summed E-state index contributed by atoms with van der Waals surface area (Å²) < 4.78 is 1.87. The first-order valence-corrected chi connectivity index (χ1v) is 9.11. The summed E-state index contributed by atoms with van der Waals surface area (Å²) in [6.45, 7) is 1.67. The van der Waals surface area contributed by atoms with Crippen molar-refractivity contribution in [3.63, 3.8) is 0 Å². The first kappa shape index (κ1) is 17.9. The second-order valence-corrected chi connectivity index (χ2v) is 6.87. The summed E-state index contributed by atoms with van der Waals surface area (Å²) in [5.74, 6) is 0.198. The zero-order valence-corrected chi connectivity index (χ0v) is 15.4. The standard InChI is InChI=1S/C19H20N4O2S/c1-13(21-19(25)15-9-6-12-26-15)18(24)22-16(14-7-4-3-5-8-14)17-20-10-11-23(17)2/h3-13,16H,1-2H3,(H,21,25)(H,22,24)/t13-,16-/m1/s1. The quantitative estimate of drug-likeness (QED) is 0.702. The Hall–Kier alpha value is -2.93. The number of carbonyl (C=O) groups is 2. The average molecular weight is 368 g/mol. The predicted molar refractivity (Wildman–Crippen MR) is 101 cm³/mol. The number of carbonyl (C=O) groups excluding carboxylic acids is 2. The lowest BCUT2D eigenvalue weighted by Crippen LogP contribution is -2.46. The number of amides is 2. The summed E-state index contributed by atoms with van der Waals surface area (Å²) in [6.07, 6.45) is 3.53. The molecule has 7 heteroatoms. The Bertz CT molecular complexity index is 874. The van der Waals surface area contributed by atoms with Gasteiger partial charge in [-0.1, -0.05) is 36.4 Å². The van der Waals surface area contributed by atoms with Crippen molar-refractivity contribution in [1.82, 2.24) is 20.2 Å². The van der Waals surface area contributed by atoms with Gasteiger partial charge in [0, 0.05) is 19.4 Å². The van der Waals surface area contributed by atoms with Crippen LogP contribution in [-0.2, 0) is 11.8 Å². The predicted octanol–water partition coefficient (Wildman–Crippen LogP) is 2.51. The fourth-order valence-electron chi connectivity index (χ4n) is 2.61. The van der Waals surface area contributed by atoms with Gasteiger partial charge in [-0.3, -0.25) is 9.59 Å². The largest absolute Gasteiger partial charge is 0.340 e. The molecule has 0 aliphatic rings. The monoisotopic (exact) mass is 368 g/mol. The summed E-state index contributed by atoms with van der Waals surface area (Å²) in [5, 5.41) is 7.55. The van der Waals surface area contributed by atoms with E-state index in [0.29, 0.717) is 4.88 Å². The van der Waals surface area contributed by atoms with E-state index in [0.717, 1.165) is 11.4 Å². The summed E-state index contributed by atoms with van der Waals surface area (Å²) in [4.78, 5) is 29.8. The van der Waals surface area contributed by atoms with Gasteiger partial charge in [-0.25, -0.2) is 4.98 Å². The van der Waals surface area contributed by atoms with E-state index >= 15 is 0 Å². The van der Waals surface area contributed by atoms with Crippen LogP contribution in [0.1, 0.15) is 34.0 Å². The van der Waals surface area contributed by atoms with Gasteiger partial charge in [0.1, 0.15) is 17.9 Å². The van der Waals surface area contributed by atoms with Gasteiger partial charge < -0.3 is 15.2 Å². The molecule has 134 valence electrons. The fraction of sp³-hybridized carbons (Fsp3) is 0.211. The Morgan fingerprint density at radius 2 is 1.88 bits per heavy atom. The molecule has 26 heavy (non-hydrogen) atoms. The van der Waals surface area contributed by atoms with Crippen LogP contribution in [0, 0.1) is 0 Å². The van der Waals surface area contributed by atoms with Gasteiger partial charge in [-0.15, -0.1) is 11.3 Å². The molecule has 2 amide bonds. The Morgan fingerprint density at radius 1 is 1.12 bits per heavy atom. The molecule has 3 aromatic rings. The molecular formula is C19H20N4O2S. The SMILES string of the molecule is C[C@@H](NC(=O)c1cccs1)C(=O)N[C@H](c1ccccc1)c1nccn1C. The molecule has 6 nitrogen and oxygen atoms in total. The van der Waals surface area contributed by atoms with Crippen molar-refractivity contribution in [2.45, 2.75) is 19.0 Å². The summed E-state index contributed by atoms with van der Waals surface area (Å²) in [7, 11) is 1.88. The van der Waals surface area contributed by atoms with Crippen LogP contribution in [0.4, 0.5) is 0 Å². The lowest BCUT2D eigenvalue weighted by Gasteiger charge is -2.22. The van der Waals surface area contributed by atoms with Crippen molar-refractivity contribution >= 4 is 23.2 Å². The van der Waals surface area contributed by atoms with E-state index < -0.39 is 12.1 Å². The lowest BCUT2D eigenvalue weighted by atomic mass is 10.1. The minimum atomic E-state index is -0.670. The summed E-state index contributed by atoms with van der Waals surface area (Å²) in [5.41, 5.74) is 0.923. The molecule has 2 heterocycles. The van der Waals surface area contributed by atoms with Crippen molar-refractivity contribution in [3.8, 4) is 0 Å². The third-order valence-corrected chi connectivity index (χ3v) is 4.89. The molecule has 0 saturated carbocycles. The number of thiophene rings is 1. The normalized spacial score (nSPS) is 13.0. The number of hydrogen-bond acceptors (Lipinski definition) is 4. The van der Waals surface area contributed by atoms with Gasteiger partial charge >= 0.3 is 0 Å². The Labute approximate surface area is 155 Å². The minimum absolute atomic E-state index is 0.254. The zero-order valence-electron chi connectivity index (χ0n) is 14.5. The van der Waals surface area contributed by atoms with Crippen LogP contribution in [0.5, 0.6) is 0 Å². The Balaban J connectivity index is 1.75. The highest BCUT2D eigenvalue weighted by Gasteiger charge is 2.24. The molecule has 0 saturated heterocycles. The molecule has 0 aliphatic carbocycles.